The Morgan fingerprint density at radius 2 is 1.75 bits per heavy atom. The van der Waals surface area contributed by atoms with Gasteiger partial charge in [-0.3, -0.25) is 14.5 Å². The highest BCUT2D eigenvalue weighted by Crippen LogP contribution is 2.40. The lowest BCUT2D eigenvalue weighted by Crippen LogP contribution is -2.31. The summed E-state index contributed by atoms with van der Waals surface area (Å²) < 4.78 is 16.4. The van der Waals surface area contributed by atoms with E-state index in [1.165, 1.54) is 4.90 Å². The van der Waals surface area contributed by atoms with Crippen molar-refractivity contribution in [3.63, 3.8) is 0 Å². The molecule has 2 N–H and O–H groups in total. The van der Waals surface area contributed by atoms with E-state index in [1.54, 1.807) is 62.4 Å². The molecule has 9 heteroatoms. The fraction of sp³-hybridized carbons (Fsp3) is 0.259. The SMILES string of the molecule is CCOC(=O)C1=C(C)OC(N)=C(C#N)C1c1ccc(OCCCN2C(=O)c3ccccc3C2=O)cc1. The fourth-order valence-corrected chi connectivity index (χ4v) is 4.30. The molecule has 0 aliphatic carbocycles. The number of hydrogen-bond acceptors (Lipinski definition) is 8. The zero-order valence-corrected chi connectivity index (χ0v) is 19.9. The number of ether oxygens (including phenoxy) is 3. The van der Waals surface area contributed by atoms with E-state index < -0.39 is 11.9 Å². The quantitative estimate of drug-likeness (QED) is 0.340. The Balaban J connectivity index is 1.41. The molecule has 2 aromatic carbocycles. The van der Waals surface area contributed by atoms with Crippen LogP contribution in [0.1, 0.15) is 52.5 Å². The molecule has 9 nitrogen and oxygen atoms in total. The molecule has 36 heavy (non-hydrogen) atoms. The van der Waals surface area contributed by atoms with Crippen molar-refractivity contribution in [2.75, 3.05) is 19.8 Å². The smallest absolute Gasteiger partial charge is 0.338 e. The number of nitrogens with two attached hydrogens (primary N) is 1. The Bertz CT molecular complexity index is 1280. The van der Waals surface area contributed by atoms with E-state index in [2.05, 4.69) is 0 Å². The van der Waals surface area contributed by atoms with Crippen LogP contribution in [0.25, 0.3) is 0 Å². The molecule has 0 saturated carbocycles. The maximum atomic E-state index is 12.6. The van der Waals surface area contributed by atoms with Gasteiger partial charge in [0, 0.05) is 6.54 Å². The number of imide groups is 1. The number of fused-ring (bicyclic) bond motifs is 1. The lowest BCUT2D eigenvalue weighted by molar-refractivity contribution is -0.139. The number of benzene rings is 2. The third-order valence-electron chi connectivity index (χ3n) is 5.99. The molecule has 1 unspecified atom stereocenters. The van der Waals surface area contributed by atoms with Crippen molar-refractivity contribution in [2.24, 2.45) is 5.73 Å². The lowest BCUT2D eigenvalue weighted by atomic mass is 9.83. The van der Waals surface area contributed by atoms with Crippen LogP contribution in [-0.2, 0) is 14.3 Å². The number of rotatable bonds is 8. The van der Waals surface area contributed by atoms with E-state index in [0.29, 0.717) is 28.9 Å². The number of amides is 2. The van der Waals surface area contributed by atoms with Crippen LogP contribution in [0.4, 0.5) is 0 Å². The van der Waals surface area contributed by atoms with Crippen molar-refractivity contribution in [2.45, 2.75) is 26.2 Å². The number of allylic oxidation sites excluding steroid dienone is 2. The largest absolute Gasteiger partial charge is 0.494 e. The summed E-state index contributed by atoms with van der Waals surface area (Å²) in [6.07, 6.45) is 0.458. The summed E-state index contributed by atoms with van der Waals surface area (Å²) in [5.74, 6) is -1.11. The topological polar surface area (TPSA) is 132 Å². The number of nitriles is 1. The van der Waals surface area contributed by atoms with Gasteiger partial charge in [0.1, 0.15) is 23.2 Å². The Morgan fingerprint density at radius 3 is 2.33 bits per heavy atom. The Labute approximate surface area is 208 Å². The summed E-state index contributed by atoms with van der Waals surface area (Å²) in [4.78, 5) is 38.8. The van der Waals surface area contributed by atoms with Crippen LogP contribution in [-0.4, -0.2) is 42.4 Å². The predicted octanol–water partition coefficient (Wildman–Crippen LogP) is 3.40. The molecule has 0 aromatic heterocycles. The Morgan fingerprint density at radius 1 is 1.11 bits per heavy atom. The van der Waals surface area contributed by atoms with Gasteiger partial charge in [0.25, 0.3) is 11.8 Å². The van der Waals surface area contributed by atoms with Crippen LogP contribution in [0.15, 0.2) is 71.3 Å². The first-order valence-corrected chi connectivity index (χ1v) is 11.5. The maximum Gasteiger partial charge on any atom is 0.338 e. The fourth-order valence-electron chi connectivity index (χ4n) is 4.30. The van der Waals surface area contributed by atoms with E-state index in [0.717, 1.165) is 0 Å². The van der Waals surface area contributed by atoms with E-state index in [1.807, 2.05) is 6.07 Å². The van der Waals surface area contributed by atoms with Gasteiger partial charge in [-0.25, -0.2) is 4.79 Å². The van der Waals surface area contributed by atoms with Crippen LogP contribution in [0, 0.1) is 11.3 Å². The normalized spacial score (nSPS) is 17.0. The van der Waals surface area contributed by atoms with Gasteiger partial charge in [0.05, 0.1) is 35.8 Å². The van der Waals surface area contributed by atoms with Gasteiger partial charge in [-0.05, 0) is 50.1 Å². The second kappa shape index (κ2) is 10.4. The van der Waals surface area contributed by atoms with Crippen LogP contribution < -0.4 is 10.5 Å². The van der Waals surface area contributed by atoms with E-state index in [9.17, 15) is 19.6 Å². The number of esters is 1. The second-order valence-electron chi connectivity index (χ2n) is 8.19. The van der Waals surface area contributed by atoms with Crippen molar-refractivity contribution in [1.29, 1.82) is 5.26 Å². The number of carbonyl (C=O) groups excluding carboxylic acids is 3. The van der Waals surface area contributed by atoms with Crippen molar-refractivity contribution < 1.29 is 28.6 Å². The minimum absolute atomic E-state index is 0.0541. The molecule has 0 radical (unpaired) electrons. The summed E-state index contributed by atoms with van der Waals surface area (Å²) in [5.41, 5.74) is 7.76. The van der Waals surface area contributed by atoms with Crippen molar-refractivity contribution in [3.05, 3.63) is 88.0 Å². The first-order valence-electron chi connectivity index (χ1n) is 11.5. The number of carbonyl (C=O) groups is 3. The van der Waals surface area contributed by atoms with Gasteiger partial charge in [0.2, 0.25) is 5.88 Å². The monoisotopic (exact) mass is 487 g/mol. The second-order valence-corrected chi connectivity index (χ2v) is 8.19. The minimum atomic E-state index is -0.731. The molecular weight excluding hydrogens is 462 g/mol. The molecule has 0 spiro atoms. The average Bonchev–Trinajstić information content (AvgIpc) is 3.11. The van der Waals surface area contributed by atoms with E-state index in [4.69, 9.17) is 19.9 Å². The first kappa shape index (κ1) is 24.5. The van der Waals surface area contributed by atoms with Gasteiger partial charge in [0.15, 0.2) is 0 Å². The van der Waals surface area contributed by atoms with Crippen molar-refractivity contribution >= 4 is 17.8 Å². The minimum Gasteiger partial charge on any atom is -0.494 e. The van der Waals surface area contributed by atoms with Crippen molar-refractivity contribution in [1.82, 2.24) is 4.90 Å². The summed E-state index contributed by atoms with van der Waals surface area (Å²) in [5, 5.41) is 9.67. The molecule has 2 heterocycles. The maximum absolute atomic E-state index is 12.6. The van der Waals surface area contributed by atoms with Crippen LogP contribution >= 0.6 is 0 Å². The highest BCUT2D eigenvalue weighted by molar-refractivity contribution is 6.21. The molecule has 184 valence electrons. The average molecular weight is 488 g/mol. The molecule has 2 aliphatic heterocycles. The highest BCUT2D eigenvalue weighted by Gasteiger charge is 2.36. The third-order valence-corrected chi connectivity index (χ3v) is 5.99. The molecule has 1 atom stereocenters. The first-order chi connectivity index (χ1) is 17.4. The zero-order chi connectivity index (χ0) is 25.8. The summed E-state index contributed by atoms with van der Waals surface area (Å²) in [6.45, 7) is 4.01. The van der Waals surface area contributed by atoms with Gasteiger partial charge < -0.3 is 19.9 Å². The molecule has 4 rings (SSSR count). The van der Waals surface area contributed by atoms with E-state index >= 15 is 0 Å². The molecular formula is C27H25N3O6. The Hall–Kier alpha value is -4.58. The third kappa shape index (κ3) is 4.53. The van der Waals surface area contributed by atoms with Gasteiger partial charge in [-0.15, -0.1) is 0 Å². The van der Waals surface area contributed by atoms with Crippen molar-refractivity contribution in [3.8, 4) is 11.8 Å². The summed E-state index contributed by atoms with van der Waals surface area (Å²) in [6, 6.07) is 15.7. The highest BCUT2D eigenvalue weighted by atomic mass is 16.5. The molecule has 0 bridgehead atoms. The summed E-state index contributed by atoms with van der Waals surface area (Å²) in [7, 11) is 0. The molecule has 2 amide bonds. The van der Waals surface area contributed by atoms with E-state index in [-0.39, 0.29) is 54.4 Å². The number of hydrogen-bond donors (Lipinski definition) is 1. The lowest BCUT2D eigenvalue weighted by Gasteiger charge is -2.26. The molecule has 0 saturated heterocycles. The van der Waals surface area contributed by atoms with Crippen LogP contribution in [0.3, 0.4) is 0 Å². The molecule has 2 aliphatic rings. The van der Waals surface area contributed by atoms with Crippen LogP contribution in [0.2, 0.25) is 0 Å². The number of nitrogens with zero attached hydrogens (tertiary/aromatic N) is 2. The standard InChI is InChI=1S/C27H25N3O6/c1-3-34-27(33)22-16(2)36-24(29)21(15-28)23(22)17-9-11-18(12-10-17)35-14-6-13-30-25(31)19-7-4-5-8-20(19)26(30)32/h4-5,7-12,23H,3,6,13-14,29H2,1-2H3. The van der Waals surface area contributed by atoms with Crippen LogP contribution in [0.5, 0.6) is 5.75 Å². The van der Waals surface area contributed by atoms with Gasteiger partial charge >= 0.3 is 5.97 Å². The summed E-state index contributed by atoms with van der Waals surface area (Å²) >= 11 is 0. The zero-order valence-electron chi connectivity index (χ0n) is 19.9. The molecule has 0 fully saturated rings. The Kier molecular flexibility index (Phi) is 7.06. The van der Waals surface area contributed by atoms with Gasteiger partial charge in [-0.2, -0.15) is 5.26 Å². The van der Waals surface area contributed by atoms with Gasteiger partial charge in [-0.1, -0.05) is 24.3 Å². The predicted molar refractivity (Wildman–Crippen MR) is 128 cm³/mol. The molecule has 2 aromatic rings.